The normalized spacial score (nSPS) is 14.3. The zero-order valence-electron chi connectivity index (χ0n) is 14.2. The lowest BCUT2D eigenvalue weighted by atomic mass is 10.2. The second-order valence-electron chi connectivity index (χ2n) is 6.15. The predicted octanol–water partition coefficient (Wildman–Crippen LogP) is 3.16. The van der Waals surface area contributed by atoms with Crippen molar-refractivity contribution in [2.45, 2.75) is 32.6 Å². The van der Waals surface area contributed by atoms with Crippen LogP contribution in [-0.2, 0) is 4.79 Å². The SMILES string of the molecule is Cc1ccc(-c2[nH]nc(NC(=O)CCCN3CCCC3)c2F)cn1.Cl. The van der Waals surface area contributed by atoms with Crippen LogP contribution in [0.5, 0.6) is 0 Å². The summed E-state index contributed by atoms with van der Waals surface area (Å²) in [5, 5.41) is 9.04. The molecule has 0 spiro atoms. The first-order chi connectivity index (χ1) is 11.6. The van der Waals surface area contributed by atoms with Crippen molar-refractivity contribution in [3.63, 3.8) is 0 Å². The Balaban J connectivity index is 0.00000225. The molecule has 136 valence electrons. The summed E-state index contributed by atoms with van der Waals surface area (Å²) in [6.45, 7) is 5.00. The number of anilines is 1. The summed E-state index contributed by atoms with van der Waals surface area (Å²) in [6.07, 6.45) is 5.19. The van der Waals surface area contributed by atoms with Crippen molar-refractivity contribution < 1.29 is 9.18 Å². The molecule has 2 aromatic rings. The molecular formula is C17H23ClFN5O. The van der Waals surface area contributed by atoms with Gasteiger partial charge in [0.1, 0.15) is 5.69 Å². The number of amides is 1. The van der Waals surface area contributed by atoms with E-state index in [4.69, 9.17) is 0 Å². The number of nitrogens with one attached hydrogen (secondary N) is 2. The average molecular weight is 368 g/mol. The van der Waals surface area contributed by atoms with E-state index in [9.17, 15) is 9.18 Å². The van der Waals surface area contributed by atoms with Crippen molar-refractivity contribution in [2.24, 2.45) is 0 Å². The number of H-pyrrole nitrogens is 1. The quantitative estimate of drug-likeness (QED) is 0.822. The Morgan fingerprint density at radius 2 is 2.12 bits per heavy atom. The first-order valence-corrected chi connectivity index (χ1v) is 8.32. The van der Waals surface area contributed by atoms with Gasteiger partial charge >= 0.3 is 0 Å². The number of carbonyl (C=O) groups is 1. The highest BCUT2D eigenvalue weighted by molar-refractivity contribution is 5.90. The third-order valence-corrected chi connectivity index (χ3v) is 4.24. The van der Waals surface area contributed by atoms with Gasteiger partial charge in [0.25, 0.3) is 0 Å². The molecule has 1 amide bonds. The van der Waals surface area contributed by atoms with Gasteiger partial charge in [-0.15, -0.1) is 12.4 Å². The van der Waals surface area contributed by atoms with Gasteiger partial charge in [0.15, 0.2) is 11.6 Å². The molecule has 0 unspecified atom stereocenters. The van der Waals surface area contributed by atoms with Gasteiger partial charge in [-0.3, -0.25) is 14.9 Å². The highest BCUT2D eigenvalue weighted by Gasteiger charge is 2.17. The van der Waals surface area contributed by atoms with E-state index in [-0.39, 0.29) is 29.8 Å². The maximum absolute atomic E-state index is 14.4. The molecular weight excluding hydrogens is 345 g/mol. The van der Waals surface area contributed by atoms with Crippen LogP contribution in [0.3, 0.4) is 0 Å². The summed E-state index contributed by atoms with van der Waals surface area (Å²) in [5.74, 6) is -0.835. The Morgan fingerprint density at radius 3 is 2.80 bits per heavy atom. The standard InChI is InChI=1S/C17H22FN5O.ClH/c1-12-6-7-13(11-19-12)16-15(18)17(22-21-16)20-14(24)5-4-10-23-8-2-3-9-23;/h6-7,11H,2-5,8-10H2,1H3,(H2,20,21,22,24);1H. The number of hydrogen-bond acceptors (Lipinski definition) is 4. The zero-order chi connectivity index (χ0) is 16.9. The molecule has 0 aliphatic carbocycles. The van der Waals surface area contributed by atoms with Crippen LogP contribution in [0.15, 0.2) is 18.3 Å². The molecule has 1 aliphatic heterocycles. The molecule has 25 heavy (non-hydrogen) atoms. The lowest BCUT2D eigenvalue weighted by Gasteiger charge is -2.13. The van der Waals surface area contributed by atoms with Gasteiger partial charge in [0.05, 0.1) is 0 Å². The zero-order valence-corrected chi connectivity index (χ0v) is 15.0. The minimum Gasteiger partial charge on any atom is -0.307 e. The van der Waals surface area contributed by atoms with E-state index >= 15 is 0 Å². The van der Waals surface area contributed by atoms with E-state index in [2.05, 4.69) is 25.4 Å². The van der Waals surface area contributed by atoms with Crippen LogP contribution >= 0.6 is 12.4 Å². The molecule has 2 N–H and O–H groups in total. The maximum Gasteiger partial charge on any atom is 0.225 e. The number of hydrogen-bond donors (Lipinski definition) is 2. The molecule has 0 saturated carbocycles. The number of rotatable bonds is 6. The average Bonchev–Trinajstić information content (AvgIpc) is 3.20. The van der Waals surface area contributed by atoms with Crippen LogP contribution in [0, 0.1) is 12.7 Å². The van der Waals surface area contributed by atoms with Crippen LogP contribution in [0.25, 0.3) is 11.3 Å². The molecule has 2 aromatic heterocycles. The minimum atomic E-state index is -0.562. The molecule has 1 fully saturated rings. The fourth-order valence-corrected chi connectivity index (χ4v) is 2.88. The first kappa shape index (κ1) is 19.3. The second kappa shape index (κ2) is 8.92. The number of halogens is 2. The molecule has 8 heteroatoms. The third kappa shape index (κ3) is 4.99. The summed E-state index contributed by atoms with van der Waals surface area (Å²) in [7, 11) is 0. The number of likely N-dealkylation sites (tertiary alicyclic amines) is 1. The van der Waals surface area contributed by atoms with E-state index in [0.717, 1.165) is 31.7 Å². The van der Waals surface area contributed by atoms with Gasteiger partial charge in [-0.05, 0) is 58.0 Å². The van der Waals surface area contributed by atoms with Crippen LogP contribution in [0.1, 0.15) is 31.4 Å². The van der Waals surface area contributed by atoms with Crippen molar-refractivity contribution in [2.75, 3.05) is 25.0 Å². The summed E-state index contributed by atoms with van der Waals surface area (Å²) < 4.78 is 14.4. The van der Waals surface area contributed by atoms with E-state index < -0.39 is 5.82 Å². The molecule has 1 saturated heterocycles. The van der Waals surface area contributed by atoms with E-state index in [1.807, 2.05) is 6.92 Å². The number of aromatic amines is 1. The number of aromatic nitrogens is 3. The summed E-state index contributed by atoms with van der Waals surface area (Å²) >= 11 is 0. The van der Waals surface area contributed by atoms with Gasteiger partial charge in [0.2, 0.25) is 5.91 Å². The Hall–Kier alpha value is -1.99. The molecule has 1 aliphatic rings. The minimum absolute atomic E-state index is 0. The van der Waals surface area contributed by atoms with Crippen molar-refractivity contribution >= 4 is 24.1 Å². The molecule has 3 rings (SSSR count). The smallest absolute Gasteiger partial charge is 0.225 e. The van der Waals surface area contributed by atoms with Crippen LogP contribution in [-0.4, -0.2) is 45.6 Å². The van der Waals surface area contributed by atoms with E-state index in [0.29, 0.717) is 12.0 Å². The van der Waals surface area contributed by atoms with Crippen LogP contribution < -0.4 is 5.32 Å². The Labute approximate surface area is 152 Å². The second-order valence-corrected chi connectivity index (χ2v) is 6.15. The van der Waals surface area contributed by atoms with E-state index in [1.54, 1.807) is 18.3 Å². The Morgan fingerprint density at radius 1 is 1.36 bits per heavy atom. The highest BCUT2D eigenvalue weighted by Crippen LogP contribution is 2.24. The number of pyridine rings is 1. The van der Waals surface area contributed by atoms with Crippen molar-refractivity contribution in [1.82, 2.24) is 20.1 Å². The Kier molecular flexibility index (Phi) is 6.90. The van der Waals surface area contributed by atoms with Gasteiger partial charge in [0, 0.05) is 23.9 Å². The summed E-state index contributed by atoms with van der Waals surface area (Å²) in [6, 6.07) is 3.56. The lowest BCUT2D eigenvalue weighted by Crippen LogP contribution is -2.22. The maximum atomic E-state index is 14.4. The van der Waals surface area contributed by atoms with E-state index in [1.165, 1.54) is 12.8 Å². The monoisotopic (exact) mass is 367 g/mol. The molecule has 0 aromatic carbocycles. The number of carbonyl (C=O) groups excluding carboxylic acids is 1. The van der Waals surface area contributed by atoms with Crippen molar-refractivity contribution in [3.8, 4) is 11.3 Å². The highest BCUT2D eigenvalue weighted by atomic mass is 35.5. The largest absolute Gasteiger partial charge is 0.307 e. The van der Waals surface area contributed by atoms with Crippen LogP contribution in [0.2, 0.25) is 0 Å². The molecule has 6 nitrogen and oxygen atoms in total. The topological polar surface area (TPSA) is 73.9 Å². The first-order valence-electron chi connectivity index (χ1n) is 8.32. The van der Waals surface area contributed by atoms with Gasteiger partial charge < -0.3 is 10.2 Å². The fourth-order valence-electron chi connectivity index (χ4n) is 2.88. The predicted molar refractivity (Wildman–Crippen MR) is 97.3 cm³/mol. The lowest BCUT2D eigenvalue weighted by molar-refractivity contribution is -0.116. The Bertz CT molecular complexity index is 698. The van der Waals surface area contributed by atoms with Crippen LogP contribution in [0.4, 0.5) is 10.2 Å². The summed E-state index contributed by atoms with van der Waals surface area (Å²) in [4.78, 5) is 18.5. The van der Waals surface area contributed by atoms with Gasteiger partial charge in [-0.25, -0.2) is 4.39 Å². The molecule has 0 bridgehead atoms. The fraction of sp³-hybridized carbons (Fsp3) is 0.471. The third-order valence-electron chi connectivity index (χ3n) is 4.24. The molecule has 0 atom stereocenters. The number of nitrogens with zero attached hydrogens (tertiary/aromatic N) is 3. The van der Waals surface area contributed by atoms with Gasteiger partial charge in [-0.1, -0.05) is 0 Å². The van der Waals surface area contributed by atoms with Crippen molar-refractivity contribution in [1.29, 1.82) is 0 Å². The molecule has 3 heterocycles. The number of aryl methyl sites for hydroxylation is 1. The molecule has 0 radical (unpaired) electrons. The summed E-state index contributed by atoms with van der Waals surface area (Å²) in [5.41, 5.74) is 1.68. The van der Waals surface area contributed by atoms with Gasteiger partial charge in [-0.2, -0.15) is 5.10 Å². The van der Waals surface area contributed by atoms with Crippen molar-refractivity contribution in [3.05, 3.63) is 29.8 Å².